The number of nitrogens with zero attached hydrogens (tertiary/aromatic N) is 3. The third-order valence-corrected chi connectivity index (χ3v) is 6.15. The fourth-order valence-electron chi connectivity index (χ4n) is 3.97. The van der Waals surface area contributed by atoms with Crippen LogP contribution in [-0.2, 0) is 13.6 Å². The molecule has 156 valence electrons. The van der Waals surface area contributed by atoms with Crippen molar-refractivity contribution in [1.29, 1.82) is 0 Å². The highest BCUT2D eigenvalue weighted by molar-refractivity contribution is 7.71. The number of nitrogens with one attached hydrogen (secondary N) is 1. The number of piperidine rings is 1. The van der Waals surface area contributed by atoms with Gasteiger partial charge in [0, 0.05) is 45.0 Å². The molecule has 1 N–H and O–H groups in total. The lowest BCUT2D eigenvalue weighted by Crippen LogP contribution is -2.29. The van der Waals surface area contributed by atoms with Crippen LogP contribution in [0.2, 0.25) is 0 Å². The van der Waals surface area contributed by atoms with Gasteiger partial charge in [-0.2, -0.15) is 0 Å². The summed E-state index contributed by atoms with van der Waals surface area (Å²) < 4.78 is 1.72. The molecule has 2 aromatic carbocycles. The minimum absolute atomic E-state index is 0.1000. The second kappa shape index (κ2) is 8.44. The van der Waals surface area contributed by atoms with Gasteiger partial charge in [-0.3, -0.25) is 14.2 Å². The molecule has 0 atom stereocenters. The number of anilines is 1. The number of carbonyl (C=O) groups excluding carboxylic acids is 1. The Kier molecular flexibility index (Phi) is 5.72. The first-order chi connectivity index (χ1) is 14.4. The van der Waals surface area contributed by atoms with Crippen molar-refractivity contribution >= 4 is 34.7 Å². The van der Waals surface area contributed by atoms with E-state index >= 15 is 0 Å². The van der Waals surface area contributed by atoms with Crippen molar-refractivity contribution in [1.82, 2.24) is 14.5 Å². The molecule has 30 heavy (non-hydrogen) atoms. The van der Waals surface area contributed by atoms with E-state index in [1.165, 1.54) is 29.5 Å². The van der Waals surface area contributed by atoms with E-state index < -0.39 is 0 Å². The topological polar surface area (TPSA) is 61.3 Å². The predicted octanol–water partition coefficient (Wildman–Crippen LogP) is 3.86. The molecule has 1 amide bonds. The summed E-state index contributed by atoms with van der Waals surface area (Å²) in [7, 11) is 3.42. The maximum absolute atomic E-state index is 12.9. The highest BCUT2D eigenvalue weighted by Crippen LogP contribution is 2.21. The lowest BCUT2D eigenvalue weighted by molar-refractivity contribution is 0.0785. The molecule has 4 rings (SSSR count). The Hall–Kier alpha value is -2.93. The number of benzene rings is 2. The van der Waals surface area contributed by atoms with E-state index in [4.69, 9.17) is 12.2 Å². The number of rotatable bonds is 4. The van der Waals surface area contributed by atoms with Crippen LogP contribution in [0, 0.1) is 4.77 Å². The molecule has 0 aliphatic carbocycles. The van der Waals surface area contributed by atoms with Crippen LogP contribution in [0.5, 0.6) is 0 Å². The predicted molar refractivity (Wildman–Crippen MR) is 123 cm³/mol. The molecule has 1 aliphatic rings. The first-order valence-electron chi connectivity index (χ1n) is 10.3. The van der Waals surface area contributed by atoms with E-state index in [-0.39, 0.29) is 11.5 Å². The van der Waals surface area contributed by atoms with Gasteiger partial charge >= 0.3 is 0 Å². The lowest BCUT2D eigenvalue weighted by atomic mass is 10.1. The van der Waals surface area contributed by atoms with Gasteiger partial charge in [0.1, 0.15) is 0 Å². The van der Waals surface area contributed by atoms with Crippen LogP contribution in [0.4, 0.5) is 5.69 Å². The maximum Gasteiger partial charge on any atom is 0.261 e. The summed E-state index contributed by atoms with van der Waals surface area (Å²) in [6.45, 7) is 2.75. The van der Waals surface area contributed by atoms with Gasteiger partial charge in [0.2, 0.25) is 0 Å². The van der Waals surface area contributed by atoms with Crippen molar-refractivity contribution in [3.63, 3.8) is 0 Å². The van der Waals surface area contributed by atoms with E-state index in [0.717, 1.165) is 18.7 Å². The summed E-state index contributed by atoms with van der Waals surface area (Å²) in [6.07, 6.45) is 3.82. The standard InChI is InChI=1S/C23H26N4O2S/c1-25(15-16-6-9-18(10-7-16)27-12-4-3-5-13-27)21(28)17-8-11-19-20(14-17)24-23(30)26(2)22(19)29/h6-11,14H,3-5,12-13,15H2,1-2H3,(H,24,30). The molecule has 3 aromatic rings. The van der Waals surface area contributed by atoms with Gasteiger partial charge in [-0.25, -0.2) is 0 Å². The molecule has 0 radical (unpaired) electrons. The Labute approximate surface area is 180 Å². The van der Waals surface area contributed by atoms with Crippen molar-refractivity contribution in [2.45, 2.75) is 25.8 Å². The number of hydrogen-bond acceptors (Lipinski definition) is 4. The number of H-pyrrole nitrogens is 1. The van der Waals surface area contributed by atoms with E-state index in [0.29, 0.717) is 27.8 Å². The van der Waals surface area contributed by atoms with Crippen LogP contribution < -0.4 is 10.5 Å². The van der Waals surface area contributed by atoms with Crippen molar-refractivity contribution in [2.75, 3.05) is 25.0 Å². The molecule has 1 saturated heterocycles. The van der Waals surface area contributed by atoms with Crippen molar-refractivity contribution in [2.24, 2.45) is 7.05 Å². The van der Waals surface area contributed by atoms with Crippen molar-refractivity contribution in [3.8, 4) is 0 Å². The van der Waals surface area contributed by atoms with Gasteiger partial charge in [0.05, 0.1) is 10.9 Å². The largest absolute Gasteiger partial charge is 0.372 e. The number of aromatic nitrogens is 2. The summed E-state index contributed by atoms with van der Waals surface area (Å²) in [4.78, 5) is 32.4. The smallest absolute Gasteiger partial charge is 0.261 e. The van der Waals surface area contributed by atoms with Gasteiger partial charge in [-0.05, 0) is 67.4 Å². The normalized spacial score (nSPS) is 14.1. The van der Waals surface area contributed by atoms with Crippen LogP contribution in [0.3, 0.4) is 0 Å². The fourth-order valence-corrected chi connectivity index (χ4v) is 4.16. The van der Waals surface area contributed by atoms with Crippen molar-refractivity contribution in [3.05, 3.63) is 68.7 Å². The lowest BCUT2D eigenvalue weighted by Gasteiger charge is -2.29. The van der Waals surface area contributed by atoms with E-state index in [1.54, 1.807) is 37.2 Å². The van der Waals surface area contributed by atoms with Gasteiger partial charge in [-0.15, -0.1) is 0 Å². The SMILES string of the molecule is CN(Cc1ccc(N2CCCCC2)cc1)C(=O)c1ccc2c(=O)n(C)c(=S)[nH]c2c1. The van der Waals surface area contributed by atoms with Crippen LogP contribution in [0.25, 0.3) is 10.9 Å². The zero-order chi connectivity index (χ0) is 21.3. The number of hydrogen-bond donors (Lipinski definition) is 1. The van der Waals surface area contributed by atoms with Crippen molar-refractivity contribution < 1.29 is 4.79 Å². The Morgan fingerprint density at radius 1 is 1.10 bits per heavy atom. The molecule has 1 aromatic heterocycles. The van der Waals surface area contributed by atoms with Gasteiger partial charge in [0.15, 0.2) is 4.77 Å². The highest BCUT2D eigenvalue weighted by Gasteiger charge is 2.15. The molecule has 6 nitrogen and oxygen atoms in total. The first-order valence-corrected chi connectivity index (χ1v) is 10.7. The summed E-state index contributed by atoms with van der Waals surface area (Å²) >= 11 is 5.18. The second-order valence-electron chi connectivity index (χ2n) is 7.93. The number of aromatic amines is 1. The molecule has 0 spiro atoms. The van der Waals surface area contributed by atoms with E-state index in [9.17, 15) is 9.59 Å². The Morgan fingerprint density at radius 2 is 1.80 bits per heavy atom. The third kappa shape index (κ3) is 4.03. The molecule has 0 bridgehead atoms. The zero-order valence-electron chi connectivity index (χ0n) is 17.4. The average molecular weight is 423 g/mol. The summed E-state index contributed by atoms with van der Waals surface area (Å²) in [6, 6.07) is 13.5. The monoisotopic (exact) mass is 422 g/mol. The Balaban J connectivity index is 1.50. The first kappa shape index (κ1) is 20.3. The maximum atomic E-state index is 12.9. The Bertz CT molecular complexity index is 1190. The summed E-state index contributed by atoms with van der Waals surface area (Å²) in [5, 5.41) is 0.513. The second-order valence-corrected chi connectivity index (χ2v) is 8.32. The zero-order valence-corrected chi connectivity index (χ0v) is 18.2. The number of amides is 1. The molecule has 0 saturated carbocycles. The molecule has 7 heteroatoms. The van der Waals surface area contributed by atoms with E-state index in [2.05, 4.69) is 34.1 Å². The van der Waals surface area contributed by atoms with Crippen LogP contribution in [0.15, 0.2) is 47.3 Å². The van der Waals surface area contributed by atoms with Gasteiger partial charge < -0.3 is 14.8 Å². The summed E-state index contributed by atoms with van der Waals surface area (Å²) in [5.41, 5.74) is 3.26. The van der Waals surface area contributed by atoms with Gasteiger partial charge in [-0.1, -0.05) is 12.1 Å². The van der Waals surface area contributed by atoms with Gasteiger partial charge in [0.25, 0.3) is 11.5 Å². The number of carbonyl (C=O) groups is 1. The molecular formula is C23H26N4O2S. The molecular weight excluding hydrogens is 396 g/mol. The summed E-state index contributed by atoms with van der Waals surface area (Å²) in [5.74, 6) is -0.1000. The number of fused-ring (bicyclic) bond motifs is 1. The van der Waals surface area contributed by atoms with Crippen LogP contribution >= 0.6 is 12.2 Å². The van der Waals surface area contributed by atoms with Crippen LogP contribution in [-0.4, -0.2) is 40.5 Å². The fraction of sp³-hybridized carbons (Fsp3) is 0.348. The average Bonchev–Trinajstić information content (AvgIpc) is 2.77. The third-order valence-electron chi connectivity index (χ3n) is 5.77. The molecule has 2 heterocycles. The highest BCUT2D eigenvalue weighted by atomic mass is 32.1. The van der Waals surface area contributed by atoms with E-state index in [1.807, 2.05) is 0 Å². The minimum Gasteiger partial charge on any atom is -0.372 e. The Morgan fingerprint density at radius 3 is 2.50 bits per heavy atom. The van der Waals surface area contributed by atoms with Crippen LogP contribution in [0.1, 0.15) is 35.2 Å². The molecule has 0 unspecified atom stereocenters. The quantitative estimate of drug-likeness (QED) is 0.649. The molecule has 1 fully saturated rings. The minimum atomic E-state index is -0.171. The molecule has 1 aliphatic heterocycles.